The number of nitrogens with zero attached hydrogens (tertiary/aromatic N) is 4. The Kier molecular flexibility index (Phi) is 9.97. The highest BCUT2D eigenvalue weighted by atomic mass is 15.2. The number of aromatic nitrogens is 2. The summed E-state index contributed by atoms with van der Waals surface area (Å²) in [6.07, 6.45) is 20.7. The summed E-state index contributed by atoms with van der Waals surface area (Å²) < 4.78 is 5.09. The Labute approximate surface area is 476 Å². The van der Waals surface area contributed by atoms with Crippen LogP contribution in [0.4, 0.5) is 28.4 Å². The van der Waals surface area contributed by atoms with Crippen LogP contribution in [0, 0.1) is 0 Å². The van der Waals surface area contributed by atoms with Crippen LogP contribution in [0.5, 0.6) is 0 Å². The van der Waals surface area contributed by atoms with Crippen LogP contribution >= 0.6 is 0 Å². The summed E-state index contributed by atoms with van der Waals surface area (Å²) in [7, 11) is 0. The second kappa shape index (κ2) is 17.8. The van der Waals surface area contributed by atoms with Gasteiger partial charge in [-0.05, 0) is 201 Å². The molecule has 0 radical (unpaired) electrons. The van der Waals surface area contributed by atoms with E-state index in [0.29, 0.717) is 0 Å². The van der Waals surface area contributed by atoms with Gasteiger partial charge in [0.05, 0.1) is 28.3 Å². The largest absolute Gasteiger partial charge is 0.333 e. The topological polar surface area (TPSA) is 16.3 Å². The lowest BCUT2D eigenvalue weighted by Crippen LogP contribution is -2.24. The Hall–Kier alpha value is -9.90. The van der Waals surface area contributed by atoms with Crippen LogP contribution in [-0.2, 0) is 12.8 Å². The van der Waals surface area contributed by atoms with Crippen molar-refractivity contribution < 1.29 is 0 Å². The molecule has 2 atom stereocenters. The van der Waals surface area contributed by atoms with Crippen molar-refractivity contribution >= 4 is 111 Å². The molecule has 82 heavy (non-hydrogen) atoms. The number of hydrogen-bond donors (Lipinski definition) is 0. The molecule has 13 aromatic rings. The van der Waals surface area contributed by atoms with Crippen molar-refractivity contribution in [1.29, 1.82) is 0 Å². The average molecular weight is 1050 g/mol. The summed E-state index contributed by atoms with van der Waals surface area (Å²) in [6, 6.07) is 82.7. The van der Waals surface area contributed by atoms with Gasteiger partial charge in [0.1, 0.15) is 0 Å². The third-order valence-electron chi connectivity index (χ3n) is 19.1. The Morgan fingerprint density at radius 2 is 1.00 bits per heavy atom. The third-order valence-corrected chi connectivity index (χ3v) is 19.1. The van der Waals surface area contributed by atoms with Crippen LogP contribution in [0.15, 0.2) is 248 Å². The van der Waals surface area contributed by atoms with E-state index in [2.05, 4.69) is 274 Å². The first kappa shape index (κ1) is 45.9. The van der Waals surface area contributed by atoms with E-state index in [4.69, 9.17) is 0 Å². The van der Waals surface area contributed by atoms with Crippen LogP contribution in [0.3, 0.4) is 0 Å². The number of allylic oxidation sites excluding steroid dienone is 5. The van der Waals surface area contributed by atoms with Crippen molar-refractivity contribution in [3.05, 3.63) is 287 Å². The standard InChI is InChI=1S/C78H56N4/c1-7-19-61-49(13-1)28-46-70-73(61)67-43-25-52-16-4-10-22-64(52)76(67)80(70)58-37-31-55(32-38-58)79(56-33-39-59(40-34-56)81-71-47-29-50-14-2-8-20-62(50)74(71)68-44-26-53-17-5-11-23-65(53)77(68)81)57-35-41-60(42-36-57)82-72-48-30-51-15-3-9-21-63(51)75(72)69-45-27-54-18-6-12-24-66(54)78(69)82/h1-8,10,12-20,22,24-25,27-43,45-48,69,78H,9,11,21,23,26,44H2. The number of rotatable bonds is 6. The summed E-state index contributed by atoms with van der Waals surface area (Å²) >= 11 is 0. The van der Waals surface area contributed by atoms with Crippen LogP contribution in [0.2, 0.25) is 0 Å². The van der Waals surface area contributed by atoms with E-state index in [1.54, 1.807) is 0 Å². The lowest BCUT2D eigenvalue weighted by molar-refractivity contribution is 0.663. The summed E-state index contributed by atoms with van der Waals surface area (Å²) in [5.41, 5.74) is 24.8. The second-order valence-corrected chi connectivity index (χ2v) is 23.2. The molecule has 0 saturated carbocycles. The minimum atomic E-state index is 0.164. The zero-order valence-corrected chi connectivity index (χ0v) is 45.4. The van der Waals surface area contributed by atoms with Gasteiger partial charge in [-0.2, -0.15) is 0 Å². The summed E-state index contributed by atoms with van der Waals surface area (Å²) in [5, 5.41) is 11.6. The summed E-state index contributed by atoms with van der Waals surface area (Å²) in [5.74, 6) is 0.269. The molecule has 0 bridgehead atoms. The number of anilines is 5. The lowest BCUT2D eigenvalue weighted by Gasteiger charge is -2.33. The van der Waals surface area contributed by atoms with Gasteiger partial charge in [0.2, 0.25) is 0 Å². The van der Waals surface area contributed by atoms with E-state index in [0.717, 1.165) is 61.3 Å². The van der Waals surface area contributed by atoms with Gasteiger partial charge in [-0.15, -0.1) is 0 Å². The first-order valence-electron chi connectivity index (χ1n) is 29.5. The van der Waals surface area contributed by atoms with Crippen molar-refractivity contribution in [2.75, 3.05) is 9.80 Å². The van der Waals surface area contributed by atoms with Crippen LogP contribution in [0.25, 0.3) is 94.1 Å². The van der Waals surface area contributed by atoms with Gasteiger partial charge in [0, 0.05) is 67.3 Å². The SMILES string of the molecule is C1=CC2=C(CC1)c1c(c3c4ccccc4ccc3n1-c1ccc(N(c3ccc(N4c5ccc6c(c5C5C=Cc7ccccc7C54)CCC=C6)cc3)c3ccc(-n4c5ccc6ccccc6c5c5ccc6ccccc6c54)cc3)cc1)CC2. The highest BCUT2D eigenvalue weighted by Gasteiger charge is 2.43. The van der Waals surface area contributed by atoms with Crippen LogP contribution in [-0.4, -0.2) is 9.13 Å². The maximum absolute atomic E-state index is 2.64. The predicted molar refractivity (Wildman–Crippen MR) is 345 cm³/mol. The first-order chi connectivity index (χ1) is 40.7. The van der Waals surface area contributed by atoms with Gasteiger partial charge >= 0.3 is 0 Å². The monoisotopic (exact) mass is 1050 g/mol. The zero-order valence-electron chi connectivity index (χ0n) is 45.4. The Morgan fingerprint density at radius 3 is 1.74 bits per heavy atom. The summed E-state index contributed by atoms with van der Waals surface area (Å²) in [4.78, 5) is 5.10. The maximum atomic E-state index is 2.64. The first-order valence-corrected chi connectivity index (χ1v) is 29.5. The molecule has 388 valence electrons. The molecule has 4 nitrogen and oxygen atoms in total. The van der Waals surface area contributed by atoms with Gasteiger partial charge in [0.25, 0.3) is 0 Å². The van der Waals surface area contributed by atoms with E-state index in [9.17, 15) is 0 Å². The molecular formula is C78H56N4. The average Bonchev–Trinajstić information content (AvgIpc) is 2.89. The van der Waals surface area contributed by atoms with E-state index in [1.807, 2.05) is 0 Å². The summed E-state index contributed by atoms with van der Waals surface area (Å²) in [6.45, 7) is 0. The van der Waals surface area contributed by atoms with Crippen molar-refractivity contribution in [1.82, 2.24) is 9.13 Å². The van der Waals surface area contributed by atoms with Crippen molar-refractivity contribution in [2.45, 2.75) is 50.5 Å². The fourth-order valence-corrected chi connectivity index (χ4v) is 15.5. The lowest BCUT2D eigenvalue weighted by atomic mass is 9.79. The molecule has 18 rings (SSSR count). The minimum Gasteiger partial charge on any atom is -0.333 e. The van der Waals surface area contributed by atoms with Crippen LogP contribution in [0.1, 0.15) is 76.7 Å². The smallest absolute Gasteiger partial charge is 0.0701 e. The molecule has 2 unspecified atom stereocenters. The van der Waals surface area contributed by atoms with Crippen molar-refractivity contribution in [2.24, 2.45) is 0 Å². The predicted octanol–water partition coefficient (Wildman–Crippen LogP) is 20.7. The fraction of sp³-hybridized carbons (Fsp3) is 0.103. The number of aryl methyl sites for hydroxylation is 1. The number of hydrogen-bond acceptors (Lipinski definition) is 2. The van der Waals surface area contributed by atoms with E-state index in [-0.39, 0.29) is 12.0 Å². The van der Waals surface area contributed by atoms with E-state index >= 15 is 0 Å². The molecule has 2 aromatic heterocycles. The molecular weight excluding hydrogens is 993 g/mol. The van der Waals surface area contributed by atoms with Gasteiger partial charge in [-0.1, -0.05) is 164 Å². The molecule has 0 fully saturated rings. The zero-order chi connectivity index (χ0) is 53.6. The maximum Gasteiger partial charge on any atom is 0.0701 e. The molecule has 4 heteroatoms. The molecule has 1 aliphatic heterocycles. The van der Waals surface area contributed by atoms with Gasteiger partial charge in [0.15, 0.2) is 0 Å². The molecule has 3 heterocycles. The normalized spacial score (nSPS) is 16.8. The quantitative estimate of drug-likeness (QED) is 0.165. The molecule has 0 saturated heterocycles. The number of benzene rings is 11. The Morgan fingerprint density at radius 1 is 0.402 bits per heavy atom. The van der Waals surface area contributed by atoms with Crippen molar-refractivity contribution in [3.8, 4) is 11.4 Å². The second-order valence-electron chi connectivity index (χ2n) is 23.2. The van der Waals surface area contributed by atoms with E-state index < -0.39 is 0 Å². The Bertz CT molecular complexity index is 4980. The third kappa shape index (κ3) is 6.66. The molecule has 0 spiro atoms. The molecule has 5 aliphatic rings. The number of fused-ring (bicyclic) bond motifs is 20. The molecule has 0 N–H and O–H groups in total. The van der Waals surface area contributed by atoms with E-state index in [1.165, 1.54) is 132 Å². The Balaban J connectivity index is 0.804. The molecule has 4 aliphatic carbocycles. The molecule has 0 amide bonds. The van der Waals surface area contributed by atoms with Gasteiger partial charge in [-0.3, -0.25) is 0 Å². The molecule has 11 aromatic carbocycles. The highest BCUT2D eigenvalue weighted by molar-refractivity contribution is 6.26. The van der Waals surface area contributed by atoms with Gasteiger partial charge < -0.3 is 18.9 Å². The van der Waals surface area contributed by atoms with Crippen molar-refractivity contribution in [3.63, 3.8) is 0 Å². The van der Waals surface area contributed by atoms with Crippen LogP contribution < -0.4 is 9.80 Å². The minimum absolute atomic E-state index is 0.164. The fourth-order valence-electron chi connectivity index (χ4n) is 15.5. The van der Waals surface area contributed by atoms with Gasteiger partial charge in [-0.25, -0.2) is 0 Å². The highest BCUT2D eigenvalue weighted by Crippen LogP contribution is 2.58.